The van der Waals surface area contributed by atoms with Crippen LogP contribution in [0.2, 0.25) is 5.02 Å². The van der Waals surface area contributed by atoms with Crippen molar-refractivity contribution in [2.24, 2.45) is 0 Å². The first-order valence-corrected chi connectivity index (χ1v) is 6.70. The topological polar surface area (TPSA) is 52.6 Å². The zero-order chi connectivity index (χ0) is 14.4. The minimum atomic E-state index is -0.276. The van der Waals surface area contributed by atoms with Crippen molar-refractivity contribution in [3.05, 3.63) is 34.9 Å². The second kappa shape index (κ2) is 7.48. The Morgan fingerprint density at radius 2 is 1.95 bits per heavy atom. The van der Waals surface area contributed by atoms with Crippen molar-refractivity contribution in [2.45, 2.75) is 25.9 Å². The van der Waals surface area contributed by atoms with Gasteiger partial charge in [-0.2, -0.15) is 0 Å². The highest BCUT2D eigenvalue weighted by molar-refractivity contribution is 6.30. The molecular formula is C14H21ClN2O2. The van der Waals surface area contributed by atoms with Crippen molar-refractivity contribution in [1.82, 2.24) is 10.2 Å². The predicted molar refractivity (Wildman–Crippen MR) is 77.2 cm³/mol. The number of carbonyl (C=O) groups is 1. The van der Waals surface area contributed by atoms with Crippen LogP contribution in [-0.2, 0) is 4.79 Å². The van der Waals surface area contributed by atoms with E-state index < -0.39 is 0 Å². The molecule has 1 rings (SSSR count). The van der Waals surface area contributed by atoms with Gasteiger partial charge in [-0.3, -0.25) is 9.69 Å². The molecule has 2 N–H and O–H groups in total. The normalized spacial score (nSPS) is 14.2. The van der Waals surface area contributed by atoms with E-state index in [0.29, 0.717) is 11.6 Å². The maximum atomic E-state index is 12.0. The molecule has 0 aliphatic carbocycles. The van der Waals surface area contributed by atoms with Gasteiger partial charge in [0.2, 0.25) is 5.91 Å². The molecule has 1 aromatic rings. The van der Waals surface area contributed by atoms with E-state index in [9.17, 15) is 4.79 Å². The van der Waals surface area contributed by atoms with E-state index in [0.717, 1.165) is 5.56 Å². The van der Waals surface area contributed by atoms with E-state index in [2.05, 4.69) is 5.32 Å². The van der Waals surface area contributed by atoms with Crippen LogP contribution in [0, 0.1) is 0 Å². The predicted octanol–water partition coefficient (Wildman–Crippen LogP) is 1.83. The van der Waals surface area contributed by atoms with Gasteiger partial charge in [-0.15, -0.1) is 0 Å². The van der Waals surface area contributed by atoms with Gasteiger partial charge >= 0.3 is 0 Å². The van der Waals surface area contributed by atoms with Gasteiger partial charge < -0.3 is 10.4 Å². The summed E-state index contributed by atoms with van der Waals surface area (Å²) in [6.45, 7) is 4.27. The fraction of sp³-hybridized carbons (Fsp3) is 0.500. The van der Waals surface area contributed by atoms with Crippen molar-refractivity contribution in [1.29, 1.82) is 0 Å². The summed E-state index contributed by atoms with van der Waals surface area (Å²) in [5, 5.41) is 12.5. The molecule has 0 spiro atoms. The molecule has 2 atom stereocenters. The number of carbonyl (C=O) groups excluding carboxylic acids is 1. The number of amides is 1. The molecule has 0 saturated carbocycles. The number of hydrogen-bond donors (Lipinski definition) is 2. The quantitative estimate of drug-likeness (QED) is 0.838. The summed E-state index contributed by atoms with van der Waals surface area (Å²) < 4.78 is 0. The number of benzene rings is 1. The highest BCUT2D eigenvalue weighted by Crippen LogP contribution is 2.16. The molecule has 0 aromatic heterocycles. The molecule has 0 aliphatic rings. The molecule has 0 radical (unpaired) electrons. The Hall–Kier alpha value is -1.10. The fourth-order valence-electron chi connectivity index (χ4n) is 1.72. The number of likely N-dealkylation sites (N-methyl/N-ethyl adjacent to an activating group) is 1. The zero-order valence-electron chi connectivity index (χ0n) is 11.6. The van der Waals surface area contributed by atoms with Gasteiger partial charge in [0.15, 0.2) is 0 Å². The van der Waals surface area contributed by atoms with E-state index >= 15 is 0 Å². The van der Waals surface area contributed by atoms with E-state index in [1.165, 1.54) is 0 Å². The molecule has 1 amide bonds. The Labute approximate surface area is 119 Å². The Bertz CT molecular complexity index is 408. The lowest BCUT2D eigenvalue weighted by molar-refractivity contribution is -0.126. The second-order valence-corrected chi connectivity index (χ2v) is 5.10. The first-order valence-electron chi connectivity index (χ1n) is 6.32. The third-order valence-corrected chi connectivity index (χ3v) is 3.47. The van der Waals surface area contributed by atoms with Crippen molar-refractivity contribution in [2.75, 3.05) is 20.2 Å². The molecule has 0 saturated heterocycles. The van der Waals surface area contributed by atoms with Crippen LogP contribution in [0.1, 0.15) is 25.5 Å². The molecule has 19 heavy (non-hydrogen) atoms. The number of aliphatic hydroxyl groups excluding tert-OH is 1. The van der Waals surface area contributed by atoms with Crippen molar-refractivity contribution >= 4 is 17.5 Å². The third-order valence-electron chi connectivity index (χ3n) is 3.22. The van der Waals surface area contributed by atoms with Gasteiger partial charge in [-0.1, -0.05) is 23.7 Å². The minimum absolute atomic E-state index is 0.0425. The molecule has 0 bridgehead atoms. The monoisotopic (exact) mass is 284 g/mol. The van der Waals surface area contributed by atoms with Crippen LogP contribution < -0.4 is 5.32 Å². The molecule has 2 unspecified atom stereocenters. The maximum Gasteiger partial charge on any atom is 0.237 e. The molecule has 5 heteroatoms. The molecular weight excluding hydrogens is 264 g/mol. The van der Waals surface area contributed by atoms with Crippen LogP contribution in [0.3, 0.4) is 0 Å². The van der Waals surface area contributed by atoms with Gasteiger partial charge in [0.1, 0.15) is 0 Å². The maximum absolute atomic E-state index is 12.0. The summed E-state index contributed by atoms with van der Waals surface area (Å²) in [6.07, 6.45) is 0. The lowest BCUT2D eigenvalue weighted by Gasteiger charge is -2.25. The summed E-state index contributed by atoms with van der Waals surface area (Å²) in [5.41, 5.74) is 1.01. The lowest BCUT2D eigenvalue weighted by Crippen LogP contribution is -2.44. The Kier molecular flexibility index (Phi) is 6.28. The second-order valence-electron chi connectivity index (χ2n) is 4.66. The summed E-state index contributed by atoms with van der Waals surface area (Å²) in [5.74, 6) is -0.0570. The van der Waals surface area contributed by atoms with E-state index in [4.69, 9.17) is 16.7 Å². The van der Waals surface area contributed by atoms with Gasteiger partial charge in [0, 0.05) is 11.6 Å². The summed E-state index contributed by atoms with van der Waals surface area (Å²) >= 11 is 5.83. The Balaban J connectivity index is 2.58. The Morgan fingerprint density at radius 1 is 1.37 bits per heavy atom. The third kappa shape index (κ3) is 4.82. The van der Waals surface area contributed by atoms with Crippen LogP contribution in [0.4, 0.5) is 0 Å². The number of hydrogen-bond acceptors (Lipinski definition) is 3. The van der Waals surface area contributed by atoms with Crippen LogP contribution in [-0.4, -0.2) is 42.2 Å². The fourth-order valence-corrected chi connectivity index (χ4v) is 1.85. The summed E-state index contributed by atoms with van der Waals surface area (Å²) in [7, 11) is 1.81. The molecule has 1 aromatic carbocycles. The zero-order valence-corrected chi connectivity index (χ0v) is 12.3. The molecule has 0 aliphatic heterocycles. The summed E-state index contributed by atoms with van der Waals surface area (Å²) in [4.78, 5) is 13.9. The Morgan fingerprint density at radius 3 is 2.47 bits per heavy atom. The SMILES string of the molecule is CC(NC(=O)C(C)N(C)CCO)c1ccc(Cl)cc1. The van der Waals surface area contributed by atoms with E-state index in [-0.39, 0.29) is 24.6 Å². The average Bonchev–Trinajstić information content (AvgIpc) is 2.38. The van der Waals surface area contributed by atoms with Crippen molar-refractivity contribution < 1.29 is 9.90 Å². The highest BCUT2D eigenvalue weighted by atomic mass is 35.5. The molecule has 0 fully saturated rings. The van der Waals surface area contributed by atoms with E-state index in [1.54, 1.807) is 12.1 Å². The number of nitrogens with zero attached hydrogens (tertiary/aromatic N) is 1. The average molecular weight is 285 g/mol. The molecule has 0 heterocycles. The smallest absolute Gasteiger partial charge is 0.237 e. The first kappa shape index (κ1) is 16.0. The van der Waals surface area contributed by atoms with Gasteiger partial charge in [0.05, 0.1) is 18.7 Å². The molecule has 106 valence electrons. The molecule has 4 nitrogen and oxygen atoms in total. The van der Waals surface area contributed by atoms with Crippen molar-refractivity contribution in [3.63, 3.8) is 0 Å². The number of rotatable bonds is 6. The van der Waals surface area contributed by atoms with Crippen LogP contribution >= 0.6 is 11.6 Å². The van der Waals surface area contributed by atoms with Crippen LogP contribution in [0.15, 0.2) is 24.3 Å². The first-order chi connectivity index (χ1) is 8.95. The van der Waals surface area contributed by atoms with Gasteiger partial charge in [-0.25, -0.2) is 0 Å². The summed E-state index contributed by atoms with van der Waals surface area (Å²) in [6, 6.07) is 7.06. The van der Waals surface area contributed by atoms with Crippen LogP contribution in [0.5, 0.6) is 0 Å². The highest BCUT2D eigenvalue weighted by Gasteiger charge is 2.19. The number of nitrogens with one attached hydrogen (secondary N) is 1. The standard InChI is InChI=1S/C14H21ClN2O2/c1-10(12-4-6-13(15)7-5-12)16-14(19)11(2)17(3)8-9-18/h4-7,10-11,18H,8-9H2,1-3H3,(H,16,19). The van der Waals surface area contributed by atoms with E-state index in [1.807, 2.05) is 37.9 Å². The van der Waals surface area contributed by atoms with Gasteiger partial charge in [0.25, 0.3) is 0 Å². The van der Waals surface area contributed by atoms with Crippen LogP contribution in [0.25, 0.3) is 0 Å². The number of aliphatic hydroxyl groups is 1. The van der Waals surface area contributed by atoms with Crippen molar-refractivity contribution in [3.8, 4) is 0 Å². The lowest BCUT2D eigenvalue weighted by atomic mass is 10.1. The minimum Gasteiger partial charge on any atom is -0.395 e. The largest absolute Gasteiger partial charge is 0.395 e. The number of halogens is 1. The van der Waals surface area contributed by atoms with Gasteiger partial charge in [-0.05, 0) is 38.6 Å².